The predicted octanol–water partition coefficient (Wildman–Crippen LogP) is 3.41. The molecule has 2 N–H and O–H groups in total. The lowest BCUT2D eigenvalue weighted by molar-refractivity contribution is 0.317. The third-order valence-electron chi connectivity index (χ3n) is 3.02. The molecular weight excluding hydrogens is 324 g/mol. The smallest absolute Gasteiger partial charge is 0.152 e. The lowest BCUT2D eigenvalue weighted by atomic mass is 9.99. The molecule has 6 heteroatoms. The fraction of sp³-hybridized carbons (Fsp3) is 0.455. The van der Waals surface area contributed by atoms with Crippen molar-refractivity contribution in [1.82, 2.24) is 10.6 Å². The Morgan fingerprint density at radius 3 is 3.18 bits per heavy atom. The molecule has 0 radical (unpaired) electrons. The Kier molecular flexibility index (Phi) is 3.00. The highest BCUT2D eigenvalue weighted by Gasteiger charge is 2.32. The molecule has 0 saturated carbocycles. The van der Waals surface area contributed by atoms with Gasteiger partial charge in [-0.15, -0.1) is 11.3 Å². The van der Waals surface area contributed by atoms with E-state index >= 15 is 0 Å². The molecule has 1 aromatic heterocycles. The second kappa shape index (κ2) is 4.37. The summed E-state index contributed by atoms with van der Waals surface area (Å²) in [5.41, 5.74) is 2.28. The number of halogens is 2. The largest absolute Gasteiger partial charge is 0.491 e. The minimum Gasteiger partial charge on any atom is -0.491 e. The van der Waals surface area contributed by atoms with Gasteiger partial charge in [-0.1, -0.05) is 11.6 Å². The maximum absolute atomic E-state index is 6.35. The van der Waals surface area contributed by atoms with E-state index in [0.717, 1.165) is 39.7 Å². The lowest BCUT2D eigenvalue weighted by Gasteiger charge is -2.25. The van der Waals surface area contributed by atoms with E-state index in [4.69, 9.17) is 16.3 Å². The molecular formula is C11H12BrClN2OS. The van der Waals surface area contributed by atoms with Gasteiger partial charge in [0.1, 0.15) is 15.1 Å². The normalized spacial score (nSPS) is 22.4. The summed E-state index contributed by atoms with van der Waals surface area (Å²) in [7, 11) is 1.91. The van der Waals surface area contributed by atoms with Crippen molar-refractivity contribution >= 4 is 44.4 Å². The molecule has 1 unspecified atom stereocenters. The highest BCUT2D eigenvalue weighted by atomic mass is 79.9. The van der Waals surface area contributed by atoms with Gasteiger partial charge in [0.25, 0.3) is 0 Å². The molecule has 0 spiro atoms. The maximum Gasteiger partial charge on any atom is 0.152 e. The SMILES string of the molecule is CNC1=C2CCCOc3c(Br)sc(c32)C(Cl)N1. The molecule has 17 heavy (non-hydrogen) atoms. The molecule has 2 aliphatic rings. The molecule has 2 aliphatic heterocycles. The van der Waals surface area contributed by atoms with Crippen molar-refractivity contribution in [1.29, 1.82) is 0 Å². The molecule has 0 saturated heterocycles. The average molecular weight is 336 g/mol. The average Bonchev–Trinajstić information content (AvgIpc) is 2.52. The maximum atomic E-state index is 6.35. The number of nitrogens with one attached hydrogen (secondary N) is 2. The minimum atomic E-state index is -0.187. The zero-order valence-corrected chi connectivity index (χ0v) is 12.4. The number of hydrogen-bond acceptors (Lipinski definition) is 4. The van der Waals surface area contributed by atoms with Crippen LogP contribution in [0.3, 0.4) is 0 Å². The van der Waals surface area contributed by atoms with Crippen molar-refractivity contribution in [3.63, 3.8) is 0 Å². The Hall–Kier alpha value is -0.390. The van der Waals surface area contributed by atoms with E-state index in [9.17, 15) is 0 Å². The van der Waals surface area contributed by atoms with E-state index in [1.165, 1.54) is 11.1 Å². The highest BCUT2D eigenvalue weighted by molar-refractivity contribution is 9.11. The Morgan fingerprint density at radius 2 is 2.41 bits per heavy atom. The summed E-state index contributed by atoms with van der Waals surface area (Å²) in [6.45, 7) is 0.759. The van der Waals surface area contributed by atoms with Crippen LogP contribution in [0.2, 0.25) is 0 Å². The summed E-state index contributed by atoms with van der Waals surface area (Å²) in [6, 6.07) is 0. The van der Waals surface area contributed by atoms with E-state index in [0.29, 0.717) is 0 Å². The van der Waals surface area contributed by atoms with Crippen LogP contribution in [0.4, 0.5) is 0 Å². The summed E-state index contributed by atoms with van der Waals surface area (Å²) >= 11 is 11.6. The van der Waals surface area contributed by atoms with Crippen molar-refractivity contribution in [3.05, 3.63) is 20.0 Å². The van der Waals surface area contributed by atoms with Crippen LogP contribution in [0.5, 0.6) is 5.75 Å². The van der Waals surface area contributed by atoms with Gasteiger partial charge < -0.3 is 15.4 Å². The third kappa shape index (κ3) is 1.75. The second-order valence-corrected chi connectivity index (χ2v) is 6.81. The van der Waals surface area contributed by atoms with Gasteiger partial charge in [-0.25, -0.2) is 0 Å². The first-order valence-corrected chi connectivity index (χ1v) is 7.54. The molecule has 92 valence electrons. The van der Waals surface area contributed by atoms with Crippen molar-refractivity contribution in [2.75, 3.05) is 13.7 Å². The highest BCUT2D eigenvalue weighted by Crippen LogP contribution is 2.51. The number of ether oxygens (including phenoxy) is 1. The Bertz CT molecular complexity index is 500. The van der Waals surface area contributed by atoms with E-state index < -0.39 is 0 Å². The standard InChI is InChI=1S/C11H12BrClN2OS/c1-14-11-5-3-2-4-16-7-6(5)8(10(13)15-11)17-9(7)12/h10,14-15H,2-4H2,1H3. The molecule has 3 nitrogen and oxygen atoms in total. The Morgan fingerprint density at radius 1 is 1.59 bits per heavy atom. The van der Waals surface area contributed by atoms with Gasteiger partial charge in [-0.05, 0) is 28.8 Å². The van der Waals surface area contributed by atoms with Crippen LogP contribution in [0.15, 0.2) is 9.61 Å². The number of hydrogen-bond donors (Lipinski definition) is 2. The third-order valence-corrected chi connectivity index (χ3v) is 5.35. The van der Waals surface area contributed by atoms with Gasteiger partial charge in [0.05, 0.1) is 11.5 Å². The fourth-order valence-corrected chi connectivity index (χ4v) is 4.41. The molecule has 0 fully saturated rings. The predicted molar refractivity (Wildman–Crippen MR) is 74.5 cm³/mol. The molecule has 0 bridgehead atoms. The molecule has 0 aromatic carbocycles. The van der Waals surface area contributed by atoms with Gasteiger partial charge in [-0.2, -0.15) is 0 Å². The van der Waals surface area contributed by atoms with Crippen molar-refractivity contribution in [2.24, 2.45) is 0 Å². The van der Waals surface area contributed by atoms with Crippen LogP contribution in [0.25, 0.3) is 5.57 Å². The van der Waals surface area contributed by atoms with Gasteiger partial charge in [0.15, 0.2) is 5.75 Å². The van der Waals surface area contributed by atoms with Crippen LogP contribution in [-0.2, 0) is 0 Å². The number of allylic oxidation sites excluding steroid dienone is 1. The molecule has 1 aromatic rings. The number of rotatable bonds is 1. The van der Waals surface area contributed by atoms with Gasteiger partial charge in [0, 0.05) is 18.2 Å². The Balaban J connectivity index is 2.25. The van der Waals surface area contributed by atoms with E-state index in [2.05, 4.69) is 26.6 Å². The van der Waals surface area contributed by atoms with Crippen molar-refractivity contribution in [3.8, 4) is 5.75 Å². The second-order valence-electron chi connectivity index (χ2n) is 4.01. The molecule has 3 rings (SSSR count). The zero-order chi connectivity index (χ0) is 12.0. The van der Waals surface area contributed by atoms with Crippen LogP contribution in [0, 0.1) is 0 Å². The van der Waals surface area contributed by atoms with Crippen LogP contribution in [-0.4, -0.2) is 13.7 Å². The molecule has 0 aliphatic carbocycles. The first-order chi connectivity index (χ1) is 8.22. The first-order valence-electron chi connectivity index (χ1n) is 5.49. The first kappa shape index (κ1) is 11.7. The summed E-state index contributed by atoms with van der Waals surface area (Å²) in [6.07, 6.45) is 2.04. The number of thiophene rings is 1. The van der Waals surface area contributed by atoms with Gasteiger partial charge in [-0.3, -0.25) is 0 Å². The van der Waals surface area contributed by atoms with E-state index in [1.54, 1.807) is 11.3 Å². The topological polar surface area (TPSA) is 33.3 Å². The lowest BCUT2D eigenvalue weighted by Crippen LogP contribution is -2.29. The quantitative estimate of drug-likeness (QED) is 0.609. The summed E-state index contributed by atoms with van der Waals surface area (Å²) < 4.78 is 6.86. The molecule has 3 heterocycles. The van der Waals surface area contributed by atoms with Crippen LogP contribution in [0.1, 0.15) is 28.8 Å². The van der Waals surface area contributed by atoms with Gasteiger partial charge >= 0.3 is 0 Å². The number of alkyl halides is 1. The summed E-state index contributed by atoms with van der Waals surface area (Å²) in [5.74, 6) is 1.98. The minimum absolute atomic E-state index is 0.187. The van der Waals surface area contributed by atoms with Gasteiger partial charge in [0.2, 0.25) is 0 Å². The summed E-state index contributed by atoms with van der Waals surface area (Å²) in [4.78, 5) is 1.14. The van der Waals surface area contributed by atoms with Crippen LogP contribution < -0.4 is 15.4 Å². The fourth-order valence-electron chi connectivity index (χ4n) is 2.30. The summed E-state index contributed by atoms with van der Waals surface area (Å²) in [5, 5.41) is 6.49. The molecule has 0 amide bonds. The zero-order valence-electron chi connectivity index (χ0n) is 9.27. The van der Waals surface area contributed by atoms with Crippen molar-refractivity contribution in [2.45, 2.75) is 18.3 Å². The monoisotopic (exact) mass is 334 g/mol. The molecule has 1 atom stereocenters. The van der Waals surface area contributed by atoms with Crippen molar-refractivity contribution < 1.29 is 4.74 Å². The van der Waals surface area contributed by atoms with E-state index in [-0.39, 0.29) is 5.50 Å². The van der Waals surface area contributed by atoms with E-state index in [1.807, 2.05) is 7.05 Å². The van der Waals surface area contributed by atoms with Crippen LogP contribution >= 0.6 is 38.9 Å². The Labute approximate surface area is 117 Å².